The molecule has 10 aromatic rings. The second kappa shape index (κ2) is 10.3. The van der Waals surface area contributed by atoms with Crippen LogP contribution in [0, 0.1) is 0 Å². The van der Waals surface area contributed by atoms with Crippen molar-refractivity contribution >= 4 is 91.9 Å². The molecule has 47 heavy (non-hydrogen) atoms. The van der Waals surface area contributed by atoms with Crippen molar-refractivity contribution in [3.05, 3.63) is 170 Å². The number of thiophene rings is 1. The van der Waals surface area contributed by atoms with E-state index < -0.39 is 0 Å². The Balaban J connectivity index is 1.29. The Morgan fingerprint density at radius 1 is 0.404 bits per heavy atom. The third-order valence-corrected chi connectivity index (χ3v) is 10.7. The van der Waals surface area contributed by atoms with E-state index in [9.17, 15) is 0 Å². The standard InChI is InChI=1S/C44H28N2S/c1-2-14-31(15-3-1)46-41-25-22-32(27-38(41)37-24-21-30-12-5-7-17-35(30)44(37)46)45(40-19-10-13-29-11-4-6-16-34(29)40)33-23-26-43-39(28-33)36-18-8-9-20-42(36)47-43/h1-28H. The van der Waals surface area contributed by atoms with Gasteiger partial charge in [-0.1, -0.05) is 109 Å². The van der Waals surface area contributed by atoms with Crippen LogP contribution in [0.3, 0.4) is 0 Å². The molecule has 0 aliphatic carbocycles. The molecule has 2 nitrogen and oxygen atoms in total. The van der Waals surface area contributed by atoms with Gasteiger partial charge in [-0.2, -0.15) is 0 Å². The zero-order valence-electron chi connectivity index (χ0n) is 25.5. The number of benzene rings is 8. The molecule has 3 heteroatoms. The molecule has 0 aliphatic rings. The van der Waals surface area contributed by atoms with Crippen molar-refractivity contribution in [1.29, 1.82) is 0 Å². The van der Waals surface area contributed by atoms with Crippen LogP contribution >= 0.6 is 11.3 Å². The fourth-order valence-corrected chi connectivity index (χ4v) is 8.52. The minimum Gasteiger partial charge on any atom is -0.310 e. The first-order valence-corrected chi connectivity index (χ1v) is 16.8. The Labute approximate surface area is 276 Å². The molecule has 8 aromatic carbocycles. The molecular formula is C44H28N2S. The van der Waals surface area contributed by atoms with Gasteiger partial charge in [0.1, 0.15) is 0 Å². The van der Waals surface area contributed by atoms with Gasteiger partial charge < -0.3 is 9.47 Å². The molecule has 2 aromatic heterocycles. The van der Waals surface area contributed by atoms with Crippen molar-refractivity contribution < 1.29 is 0 Å². The number of hydrogen-bond donors (Lipinski definition) is 0. The topological polar surface area (TPSA) is 8.17 Å². The van der Waals surface area contributed by atoms with Gasteiger partial charge in [-0.25, -0.2) is 0 Å². The van der Waals surface area contributed by atoms with E-state index in [0.717, 1.165) is 17.1 Å². The van der Waals surface area contributed by atoms with Crippen LogP contribution in [0.4, 0.5) is 17.1 Å². The zero-order chi connectivity index (χ0) is 30.9. The summed E-state index contributed by atoms with van der Waals surface area (Å²) in [6, 6.07) is 62.1. The molecule has 0 bridgehead atoms. The third-order valence-electron chi connectivity index (χ3n) is 9.53. The third kappa shape index (κ3) is 4.04. The van der Waals surface area contributed by atoms with Gasteiger partial charge in [0.15, 0.2) is 0 Å². The SMILES string of the molecule is c1ccc(-n2c3ccc(N(c4ccc5sc6ccccc6c5c4)c4cccc5ccccc45)cc3c3ccc4ccccc4c32)cc1. The van der Waals surface area contributed by atoms with Crippen molar-refractivity contribution in [1.82, 2.24) is 4.57 Å². The summed E-state index contributed by atoms with van der Waals surface area (Å²) in [5.74, 6) is 0. The lowest BCUT2D eigenvalue weighted by Crippen LogP contribution is -2.10. The summed E-state index contributed by atoms with van der Waals surface area (Å²) in [6.07, 6.45) is 0. The highest BCUT2D eigenvalue weighted by atomic mass is 32.1. The summed E-state index contributed by atoms with van der Waals surface area (Å²) in [5, 5.41) is 10.0. The summed E-state index contributed by atoms with van der Waals surface area (Å²) in [4.78, 5) is 2.44. The number of anilines is 3. The molecule has 10 rings (SSSR count). The summed E-state index contributed by atoms with van der Waals surface area (Å²) in [7, 11) is 0. The van der Waals surface area contributed by atoms with Gasteiger partial charge >= 0.3 is 0 Å². The van der Waals surface area contributed by atoms with Gasteiger partial charge in [0.2, 0.25) is 0 Å². The van der Waals surface area contributed by atoms with Gasteiger partial charge in [-0.05, 0) is 71.4 Å². The molecule has 2 heterocycles. The minimum atomic E-state index is 1.13. The molecule has 0 aliphatic heterocycles. The summed E-state index contributed by atoms with van der Waals surface area (Å²) < 4.78 is 5.06. The number of aromatic nitrogens is 1. The maximum Gasteiger partial charge on any atom is 0.0619 e. The Morgan fingerprint density at radius 3 is 1.89 bits per heavy atom. The Kier molecular flexibility index (Phi) is 5.78. The van der Waals surface area contributed by atoms with Crippen LogP contribution in [0.15, 0.2) is 170 Å². The number of fused-ring (bicyclic) bond motifs is 9. The Morgan fingerprint density at radius 2 is 1.04 bits per heavy atom. The second-order valence-electron chi connectivity index (χ2n) is 12.2. The predicted molar refractivity (Wildman–Crippen MR) is 203 cm³/mol. The second-order valence-corrected chi connectivity index (χ2v) is 13.3. The molecule has 0 unspecified atom stereocenters. The average Bonchev–Trinajstić information content (AvgIpc) is 3.68. The van der Waals surface area contributed by atoms with E-state index in [4.69, 9.17) is 0 Å². The van der Waals surface area contributed by atoms with Crippen LogP contribution in [0.1, 0.15) is 0 Å². The smallest absolute Gasteiger partial charge is 0.0619 e. The van der Waals surface area contributed by atoms with E-state index in [-0.39, 0.29) is 0 Å². The van der Waals surface area contributed by atoms with E-state index in [1.165, 1.54) is 69.2 Å². The fourth-order valence-electron chi connectivity index (χ4n) is 7.44. The van der Waals surface area contributed by atoms with Crippen LogP contribution in [0.25, 0.3) is 69.2 Å². The van der Waals surface area contributed by atoms with Gasteiger partial charge in [-0.3, -0.25) is 0 Å². The minimum absolute atomic E-state index is 1.13. The highest BCUT2D eigenvalue weighted by Gasteiger charge is 2.20. The van der Waals surface area contributed by atoms with Crippen LogP contribution in [-0.4, -0.2) is 4.57 Å². The van der Waals surface area contributed by atoms with Crippen LogP contribution in [0.2, 0.25) is 0 Å². The van der Waals surface area contributed by atoms with Crippen LogP contribution in [-0.2, 0) is 0 Å². The van der Waals surface area contributed by atoms with E-state index in [1.54, 1.807) is 0 Å². The van der Waals surface area contributed by atoms with Crippen molar-refractivity contribution in [2.75, 3.05) is 4.90 Å². The summed E-state index contributed by atoms with van der Waals surface area (Å²) in [6.45, 7) is 0. The van der Waals surface area contributed by atoms with E-state index >= 15 is 0 Å². The number of nitrogens with zero attached hydrogens (tertiary/aromatic N) is 2. The quantitative estimate of drug-likeness (QED) is 0.191. The summed E-state index contributed by atoms with van der Waals surface area (Å²) in [5.41, 5.74) is 7.05. The highest BCUT2D eigenvalue weighted by Crippen LogP contribution is 2.45. The van der Waals surface area contributed by atoms with Gasteiger partial charge in [0.25, 0.3) is 0 Å². The van der Waals surface area contributed by atoms with E-state index in [1.807, 2.05) is 11.3 Å². The normalized spacial score (nSPS) is 11.8. The highest BCUT2D eigenvalue weighted by molar-refractivity contribution is 7.25. The van der Waals surface area contributed by atoms with E-state index in [0.29, 0.717) is 0 Å². The average molecular weight is 617 g/mol. The van der Waals surface area contributed by atoms with Crippen molar-refractivity contribution in [2.45, 2.75) is 0 Å². The molecule has 0 radical (unpaired) electrons. The van der Waals surface area contributed by atoms with Crippen molar-refractivity contribution in [3.63, 3.8) is 0 Å². The van der Waals surface area contributed by atoms with Crippen molar-refractivity contribution in [2.24, 2.45) is 0 Å². The summed E-state index contributed by atoms with van der Waals surface area (Å²) >= 11 is 1.86. The molecule has 220 valence electrons. The Bertz CT molecular complexity index is 2800. The van der Waals surface area contributed by atoms with Gasteiger partial charge in [0.05, 0.1) is 16.7 Å². The molecule has 0 saturated heterocycles. The molecular weight excluding hydrogens is 589 g/mol. The van der Waals surface area contributed by atoms with Gasteiger partial charge in [0, 0.05) is 58.8 Å². The van der Waals surface area contributed by atoms with Crippen LogP contribution in [0.5, 0.6) is 0 Å². The molecule has 0 saturated carbocycles. The largest absolute Gasteiger partial charge is 0.310 e. The van der Waals surface area contributed by atoms with Gasteiger partial charge in [-0.15, -0.1) is 11.3 Å². The molecule has 0 fully saturated rings. The van der Waals surface area contributed by atoms with Crippen molar-refractivity contribution in [3.8, 4) is 5.69 Å². The predicted octanol–water partition coefficient (Wildman–Crippen LogP) is 12.9. The monoisotopic (exact) mass is 616 g/mol. The number of para-hydroxylation sites is 1. The first-order valence-electron chi connectivity index (χ1n) is 16.0. The molecule has 0 N–H and O–H groups in total. The zero-order valence-corrected chi connectivity index (χ0v) is 26.3. The maximum absolute atomic E-state index is 2.44. The first-order chi connectivity index (χ1) is 23.3. The number of hydrogen-bond acceptors (Lipinski definition) is 2. The van der Waals surface area contributed by atoms with Crippen LogP contribution < -0.4 is 4.90 Å². The molecule has 0 amide bonds. The lowest BCUT2D eigenvalue weighted by atomic mass is 10.0. The van der Waals surface area contributed by atoms with E-state index in [2.05, 4.69) is 179 Å². The first kappa shape index (κ1) is 26.3. The molecule has 0 spiro atoms. The lowest BCUT2D eigenvalue weighted by molar-refractivity contribution is 1.18. The fraction of sp³-hybridized carbons (Fsp3) is 0. The molecule has 0 atom stereocenters. The maximum atomic E-state index is 2.44. The Hall–Kier alpha value is -5.90. The number of rotatable bonds is 4. The lowest BCUT2D eigenvalue weighted by Gasteiger charge is -2.27.